The number of carboxylic acid groups (broad SMARTS) is 1. The van der Waals surface area contributed by atoms with Gasteiger partial charge in [0.15, 0.2) is 0 Å². The quantitative estimate of drug-likeness (QED) is 0.745. The number of amides is 2. The van der Waals surface area contributed by atoms with Gasteiger partial charge in [-0.15, -0.1) is 0 Å². The first-order valence-corrected chi connectivity index (χ1v) is 7.07. The summed E-state index contributed by atoms with van der Waals surface area (Å²) in [5, 5.41) is 11.8. The molecule has 0 aromatic rings. The van der Waals surface area contributed by atoms with Crippen molar-refractivity contribution in [3.8, 4) is 0 Å². The first kappa shape index (κ1) is 14.1. The second-order valence-electron chi connectivity index (χ2n) is 5.61. The minimum atomic E-state index is -0.950. The summed E-state index contributed by atoms with van der Waals surface area (Å²) in [5.74, 6) is -0.950. The molecule has 1 aliphatic heterocycles. The Hall–Kier alpha value is -1.30. The first-order valence-electron chi connectivity index (χ1n) is 7.07. The molecule has 0 spiro atoms. The Kier molecular flexibility index (Phi) is 4.63. The van der Waals surface area contributed by atoms with Crippen LogP contribution in [0.3, 0.4) is 0 Å². The number of likely N-dealkylation sites (tertiary alicyclic amines) is 1. The van der Waals surface area contributed by atoms with Crippen LogP contribution >= 0.6 is 0 Å². The van der Waals surface area contributed by atoms with Crippen molar-refractivity contribution < 1.29 is 14.7 Å². The first-order chi connectivity index (χ1) is 9.06. The Morgan fingerprint density at radius 2 is 2.00 bits per heavy atom. The van der Waals surface area contributed by atoms with E-state index in [1.807, 2.05) is 6.92 Å². The van der Waals surface area contributed by atoms with Crippen molar-refractivity contribution in [2.45, 2.75) is 44.7 Å². The number of urea groups is 1. The van der Waals surface area contributed by atoms with Crippen LogP contribution in [0.15, 0.2) is 0 Å². The number of carboxylic acids is 1. The minimum absolute atomic E-state index is 0.0562. The summed E-state index contributed by atoms with van der Waals surface area (Å²) in [4.78, 5) is 26.6. The fourth-order valence-corrected chi connectivity index (χ4v) is 2.59. The summed E-state index contributed by atoms with van der Waals surface area (Å²) in [6, 6.07) is -0.0627. The lowest BCUT2D eigenvalue weighted by Crippen LogP contribution is -2.49. The van der Waals surface area contributed by atoms with Crippen molar-refractivity contribution in [2.24, 2.45) is 0 Å². The molecule has 2 rings (SSSR count). The lowest BCUT2D eigenvalue weighted by atomic mass is 10.3. The number of nitrogens with zero attached hydrogens (tertiary/aromatic N) is 2. The molecule has 1 saturated carbocycles. The number of carbonyl (C=O) groups excluding carboxylic acids is 1. The molecule has 2 amide bonds. The molecule has 1 unspecified atom stereocenters. The van der Waals surface area contributed by atoms with Crippen LogP contribution in [0.2, 0.25) is 0 Å². The summed E-state index contributed by atoms with van der Waals surface area (Å²) >= 11 is 0. The number of aliphatic carboxylic acids is 1. The van der Waals surface area contributed by atoms with E-state index in [4.69, 9.17) is 5.11 Å². The van der Waals surface area contributed by atoms with Gasteiger partial charge in [-0.2, -0.15) is 0 Å². The van der Waals surface area contributed by atoms with Gasteiger partial charge in [0.05, 0.1) is 0 Å². The van der Waals surface area contributed by atoms with Gasteiger partial charge >= 0.3 is 12.0 Å². The van der Waals surface area contributed by atoms with Gasteiger partial charge < -0.3 is 20.2 Å². The molecular formula is C13H23N3O3. The van der Waals surface area contributed by atoms with Crippen molar-refractivity contribution in [3.63, 3.8) is 0 Å². The molecule has 1 atom stereocenters. The number of carbonyl (C=O) groups is 2. The van der Waals surface area contributed by atoms with E-state index in [-0.39, 0.29) is 24.7 Å². The van der Waals surface area contributed by atoms with Gasteiger partial charge in [0.25, 0.3) is 0 Å². The third-order valence-corrected chi connectivity index (χ3v) is 3.65. The predicted molar refractivity (Wildman–Crippen MR) is 71.0 cm³/mol. The Bertz CT molecular complexity index is 338. The summed E-state index contributed by atoms with van der Waals surface area (Å²) < 4.78 is 0. The van der Waals surface area contributed by atoms with E-state index in [2.05, 4.69) is 10.2 Å². The summed E-state index contributed by atoms with van der Waals surface area (Å²) in [6.45, 7) is 4.82. The average molecular weight is 269 g/mol. The molecular weight excluding hydrogens is 246 g/mol. The highest BCUT2D eigenvalue weighted by Crippen LogP contribution is 2.26. The second-order valence-corrected chi connectivity index (χ2v) is 5.61. The maximum Gasteiger partial charge on any atom is 0.323 e. The number of nitrogens with one attached hydrogen (secondary N) is 1. The molecule has 0 aromatic heterocycles. The van der Waals surface area contributed by atoms with Crippen LogP contribution in [-0.4, -0.2) is 65.2 Å². The van der Waals surface area contributed by atoms with E-state index >= 15 is 0 Å². The van der Waals surface area contributed by atoms with E-state index < -0.39 is 5.97 Å². The third-order valence-electron chi connectivity index (χ3n) is 3.65. The van der Waals surface area contributed by atoms with E-state index in [0.717, 1.165) is 32.5 Å². The maximum atomic E-state index is 12.1. The zero-order chi connectivity index (χ0) is 13.8. The van der Waals surface area contributed by atoms with E-state index in [9.17, 15) is 9.59 Å². The Labute approximate surface area is 113 Å². The van der Waals surface area contributed by atoms with Gasteiger partial charge in [0.1, 0.15) is 6.54 Å². The monoisotopic (exact) mass is 269 g/mol. The second kappa shape index (κ2) is 6.23. The molecule has 1 saturated heterocycles. The smallest absolute Gasteiger partial charge is 0.323 e. The highest BCUT2D eigenvalue weighted by atomic mass is 16.4. The number of hydrogen-bond acceptors (Lipinski definition) is 3. The molecule has 0 aromatic carbocycles. The predicted octanol–water partition coefficient (Wildman–Crippen LogP) is 0.729. The lowest BCUT2D eigenvalue weighted by Gasteiger charge is -2.26. The van der Waals surface area contributed by atoms with E-state index in [0.29, 0.717) is 0 Å². The summed E-state index contributed by atoms with van der Waals surface area (Å²) in [7, 11) is 0. The fraction of sp³-hybridized carbons (Fsp3) is 0.846. The Balaban J connectivity index is 1.78. The number of hydrogen-bond donors (Lipinski definition) is 2. The van der Waals surface area contributed by atoms with Gasteiger partial charge in [-0.3, -0.25) is 4.79 Å². The van der Waals surface area contributed by atoms with Crippen LogP contribution in [0.25, 0.3) is 0 Å². The normalized spacial score (nSPS) is 21.1. The Morgan fingerprint density at radius 1 is 1.37 bits per heavy atom. The molecule has 2 N–H and O–H groups in total. The maximum absolute atomic E-state index is 12.1. The molecule has 108 valence electrons. The highest BCUT2D eigenvalue weighted by molar-refractivity contribution is 5.80. The van der Waals surface area contributed by atoms with Crippen molar-refractivity contribution in [2.75, 3.05) is 26.2 Å². The molecule has 1 heterocycles. The lowest BCUT2D eigenvalue weighted by molar-refractivity contribution is -0.137. The third kappa shape index (κ3) is 4.38. The molecule has 6 nitrogen and oxygen atoms in total. The van der Waals surface area contributed by atoms with Crippen molar-refractivity contribution in [1.29, 1.82) is 0 Å². The average Bonchev–Trinajstić information content (AvgIpc) is 3.04. The van der Waals surface area contributed by atoms with Gasteiger partial charge in [-0.25, -0.2) is 4.79 Å². The Morgan fingerprint density at radius 3 is 2.53 bits per heavy atom. The van der Waals surface area contributed by atoms with Gasteiger partial charge in [0.2, 0.25) is 0 Å². The van der Waals surface area contributed by atoms with Gasteiger partial charge in [-0.1, -0.05) is 0 Å². The van der Waals surface area contributed by atoms with Crippen LogP contribution in [-0.2, 0) is 4.79 Å². The highest BCUT2D eigenvalue weighted by Gasteiger charge is 2.34. The van der Waals surface area contributed by atoms with Crippen LogP contribution in [0, 0.1) is 0 Å². The molecule has 19 heavy (non-hydrogen) atoms. The van der Waals surface area contributed by atoms with Gasteiger partial charge in [-0.05, 0) is 45.7 Å². The fourth-order valence-electron chi connectivity index (χ4n) is 2.59. The molecule has 1 aliphatic carbocycles. The van der Waals surface area contributed by atoms with Crippen LogP contribution in [0.5, 0.6) is 0 Å². The molecule has 2 fully saturated rings. The SMILES string of the molecule is CC(CN1CCCC1)NC(=O)N(CC(=O)O)C1CC1. The van der Waals surface area contributed by atoms with Crippen LogP contribution in [0.1, 0.15) is 32.6 Å². The molecule has 6 heteroatoms. The zero-order valence-electron chi connectivity index (χ0n) is 11.5. The topological polar surface area (TPSA) is 72.9 Å². The van der Waals surface area contributed by atoms with Crippen molar-refractivity contribution in [1.82, 2.24) is 15.1 Å². The van der Waals surface area contributed by atoms with Gasteiger partial charge in [0, 0.05) is 18.6 Å². The largest absolute Gasteiger partial charge is 0.480 e. The van der Waals surface area contributed by atoms with Crippen LogP contribution in [0.4, 0.5) is 4.79 Å². The molecule has 0 bridgehead atoms. The molecule has 2 aliphatic rings. The van der Waals surface area contributed by atoms with E-state index in [1.54, 1.807) is 0 Å². The number of rotatable bonds is 6. The standard InChI is InChI=1S/C13H23N3O3/c1-10(8-15-6-2-3-7-15)14-13(19)16(9-12(17)18)11-4-5-11/h10-11H,2-9H2,1H3,(H,14,19)(H,17,18). The summed E-state index contributed by atoms with van der Waals surface area (Å²) in [5.41, 5.74) is 0. The van der Waals surface area contributed by atoms with Crippen LogP contribution < -0.4 is 5.32 Å². The zero-order valence-corrected chi connectivity index (χ0v) is 11.5. The van der Waals surface area contributed by atoms with Crippen molar-refractivity contribution in [3.05, 3.63) is 0 Å². The van der Waals surface area contributed by atoms with E-state index in [1.165, 1.54) is 17.7 Å². The minimum Gasteiger partial charge on any atom is -0.480 e. The summed E-state index contributed by atoms with van der Waals surface area (Å²) in [6.07, 6.45) is 4.30. The molecule has 0 radical (unpaired) electrons. The van der Waals surface area contributed by atoms with Crippen molar-refractivity contribution >= 4 is 12.0 Å².